The van der Waals surface area contributed by atoms with Crippen LogP contribution in [0.3, 0.4) is 0 Å². The van der Waals surface area contributed by atoms with Gasteiger partial charge in [0.05, 0.1) is 7.11 Å². The van der Waals surface area contributed by atoms with Crippen molar-refractivity contribution in [2.75, 3.05) is 33.3 Å². The first-order valence-electron chi connectivity index (χ1n) is 7.50. The molecule has 0 amide bonds. The summed E-state index contributed by atoms with van der Waals surface area (Å²) in [6, 6.07) is 4.55. The number of sulfonamides is 1. The Balaban J connectivity index is 2.56. The molecule has 1 N–H and O–H groups in total. The lowest BCUT2D eigenvalue weighted by Gasteiger charge is -2.17. The van der Waals surface area contributed by atoms with E-state index >= 15 is 0 Å². The standard InChI is InChI=1S/C15H25ClN2O3S/c1-4-18(5-2)11-7-6-10-17-22(19,20)15-12-13(16)8-9-14(15)21-3/h8-9,12,17H,4-7,10-11H2,1-3H3. The zero-order valence-electron chi connectivity index (χ0n) is 13.4. The highest BCUT2D eigenvalue weighted by Gasteiger charge is 2.19. The number of unbranched alkanes of at least 4 members (excludes halogenated alkanes) is 1. The lowest BCUT2D eigenvalue weighted by Crippen LogP contribution is -2.27. The van der Waals surface area contributed by atoms with E-state index in [1.54, 1.807) is 12.1 Å². The Hall–Kier alpha value is -0.820. The van der Waals surface area contributed by atoms with Gasteiger partial charge in [0.1, 0.15) is 10.6 Å². The Morgan fingerprint density at radius 3 is 2.50 bits per heavy atom. The third-order valence-electron chi connectivity index (χ3n) is 3.50. The molecule has 0 saturated carbocycles. The summed E-state index contributed by atoms with van der Waals surface area (Å²) in [5, 5.41) is 0.364. The van der Waals surface area contributed by atoms with Gasteiger partial charge in [0.25, 0.3) is 0 Å². The summed E-state index contributed by atoms with van der Waals surface area (Å²) >= 11 is 5.88. The summed E-state index contributed by atoms with van der Waals surface area (Å²) in [7, 11) is -2.17. The molecule has 1 rings (SSSR count). The largest absolute Gasteiger partial charge is 0.495 e. The van der Waals surface area contributed by atoms with E-state index in [1.165, 1.54) is 13.2 Å². The van der Waals surface area contributed by atoms with Crippen LogP contribution >= 0.6 is 11.6 Å². The van der Waals surface area contributed by atoms with E-state index in [-0.39, 0.29) is 4.90 Å². The van der Waals surface area contributed by atoms with E-state index in [9.17, 15) is 8.42 Å². The Bertz CT molecular complexity index is 560. The predicted octanol–water partition coefficient (Wildman–Crippen LogP) is 2.75. The molecule has 22 heavy (non-hydrogen) atoms. The summed E-state index contributed by atoms with van der Waals surface area (Å²) in [6.07, 6.45) is 1.75. The molecule has 0 atom stereocenters. The maximum absolute atomic E-state index is 12.3. The second-order valence-electron chi connectivity index (χ2n) is 4.93. The van der Waals surface area contributed by atoms with Gasteiger partial charge in [0, 0.05) is 11.6 Å². The molecule has 0 aromatic heterocycles. The number of ether oxygens (including phenoxy) is 1. The van der Waals surface area contributed by atoms with Gasteiger partial charge in [-0.25, -0.2) is 13.1 Å². The van der Waals surface area contributed by atoms with Crippen molar-refractivity contribution in [3.63, 3.8) is 0 Å². The molecule has 0 spiro atoms. The fraction of sp³-hybridized carbons (Fsp3) is 0.600. The van der Waals surface area contributed by atoms with Gasteiger partial charge < -0.3 is 9.64 Å². The number of rotatable bonds is 10. The lowest BCUT2D eigenvalue weighted by molar-refractivity contribution is 0.297. The van der Waals surface area contributed by atoms with Crippen LogP contribution in [0, 0.1) is 0 Å². The van der Waals surface area contributed by atoms with Gasteiger partial charge in [-0.2, -0.15) is 0 Å². The molecule has 0 bridgehead atoms. The maximum Gasteiger partial charge on any atom is 0.244 e. The van der Waals surface area contributed by atoms with Crippen molar-refractivity contribution in [2.45, 2.75) is 31.6 Å². The SMILES string of the molecule is CCN(CC)CCCCNS(=O)(=O)c1cc(Cl)ccc1OC. The molecule has 1 aromatic carbocycles. The van der Waals surface area contributed by atoms with E-state index in [4.69, 9.17) is 16.3 Å². The Morgan fingerprint density at radius 2 is 1.91 bits per heavy atom. The highest BCUT2D eigenvalue weighted by molar-refractivity contribution is 7.89. The summed E-state index contributed by atoms with van der Waals surface area (Å²) in [6.45, 7) is 7.66. The van der Waals surface area contributed by atoms with E-state index in [1.807, 2.05) is 0 Å². The molecule has 0 aliphatic carbocycles. The molecule has 7 heteroatoms. The third kappa shape index (κ3) is 5.76. The molecule has 0 radical (unpaired) electrons. The zero-order valence-corrected chi connectivity index (χ0v) is 15.0. The third-order valence-corrected chi connectivity index (χ3v) is 5.22. The summed E-state index contributed by atoms with van der Waals surface area (Å²) in [5.74, 6) is 0.292. The van der Waals surface area contributed by atoms with E-state index in [0.717, 1.165) is 32.5 Å². The Kier molecular flexibility index (Phi) is 8.17. The predicted molar refractivity (Wildman–Crippen MR) is 90.2 cm³/mol. The topological polar surface area (TPSA) is 58.6 Å². The first kappa shape index (κ1) is 19.2. The smallest absolute Gasteiger partial charge is 0.244 e. The monoisotopic (exact) mass is 348 g/mol. The van der Waals surface area contributed by atoms with Gasteiger partial charge in [0.2, 0.25) is 10.0 Å². The minimum atomic E-state index is -3.61. The molecular formula is C15H25ClN2O3S. The number of nitrogens with one attached hydrogen (secondary N) is 1. The number of benzene rings is 1. The van der Waals surface area contributed by atoms with E-state index in [0.29, 0.717) is 17.3 Å². The minimum absolute atomic E-state index is 0.0752. The van der Waals surface area contributed by atoms with E-state index < -0.39 is 10.0 Å². The molecule has 0 aliphatic heterocycles. The van der Waals surface area contributed by atoms with Crippen LogP contribution < -0.4 is 9.46 Å². The lowest BCUT2D eigenvalue weighted by atomic mass is 10.3. The Morgan fingerprint density at radius 1 is 1.23 bits per heavy atom. The second kappa shape index (κ2) is 9.35. The van der Waals surface area contributed by atoms with Gasteiger partial charge in [0.15, 0.2) is 0 Å². The summed E-state index contributed by atoms with van der Waals surface area (Å²) in [5.41, 5.74) is 0. The van der Waals surface area contributed by atoms with E-state index in [2.05, 4.69) is 23.5 Å². The van der Waals surface area contributed by atoms with Crippen LogP contribution in [0.15, 0.2) is 23.1 Å². The van der Waals surface area contributed by atoms with Gasteiger partial charge in [-0.05, 0) is 50.7 Å². The number of halogens is 1. The molecule has 1 aromatic rings. The molecule has 0 fully saturated rings. The second-order valence-corrected chi connectivity index (χ2v) is 7.10. The van der Waals surface area contributed by atoms with Crippen LogP contribution in [-0.4, -0.2) is 46.6 Å². The molecule has 0 heterocycles. The summed E-state index contributed by atoms with van der Waals surface area (Å²) < 4.78 is 32.3. The first-order chi connectivity index (χ1) is 10.4. The van der Waals surface area contributed by atoms with Crippen molar-refractivity contribution >= 4 is 21.6 Å². The number of nitrogens with zero attached hydrogens (tertiary/aromatic N) is 1. The highest BCUT2D eigenvalue weighted by Crippen LogP contribution is 2.26. The molecular weight excluding hydrogens is 324 g/mol. The average Bonchev–Trinajstić information content (AvgIpc) is 2.51. The normalized spacial score (nSPS) is 11.9. The highest BCUT2D eigenvalue weighted by atomic mass is 35.5. The zero-order chi connectivity index (χ0) is 16.6. The Labute approximate surface area is 138 Å². The van der Waals surface area contributed by atoms with Crippen molar-refractivity contribution < 1.29 is 13.2 Å². The van der Waals surface area contributed by atoms with Crippen molar-refractivity contribution in [1.29, 1.82) is 0 Å². The molecule has 0 aliphatic rings. The van der Waals surface area contributed by atoms with Crippen LogP contribution in [0.1, 0.15) is 26.7 Å². The maximum atomic E-state index is 12.3. The van der Waals surface area contributed by atoms with Crippen molar-refractivity contribution in [3.8, 4) is 5.75 Å². The summed E-state index contributed by atoms with van der Waals surface area (Å²) in [4.78, 5) is 2.39. The quantitative estimate of drug-likeness (QED) is 0.660. The van der Waals surface area contributed by atoms with Gasteiger partial charge in [-0.1, -0.05) is 25.4 Å². The average molecular weight is 349 g/mol. The minimum Gasteiger partial charge on any atom is -0.495 e. The fourth-order valence-electron chi connectivity index (χ4n) is 2.15. The number of hydrogen-bond acceptors (Lipinski definition) is 4. The molecule has 126 valence electrons. The van der Waals surface area contributed by atoms with Crippen molar-refractivity contribution in [3.05, 3.63) is 23.2 Å². The van der Waals surface area contributed by atoms with Crippen LogP contribution in [0.4, 0.5) is 0 Å². The van der Waals surface area contributed by atoms with Gasteiger partial charge in [-0.3, -0.25) is 0 Å². The molecule has 0 unspecified atom stereocenters. The van der Waals surface area contributed by atoms with Crippen LogP contribution in [-0.2, 0) is 10.0 Å². The number of methoxy groups -OCH3 is 1. The van der Waals surface area contributed by atoms with Gasteiger partial charge >= 0.3 is 0 Å². The van der Waals surface area contributed by atoms with Crippen LogP contribution in [0.5, 0.6) is 5.75 Å². The van der Waals surface area contributed by atoms with Crippen molar-refractivity contribution in [2.24, 2.45) is 0 Å². The molecule has 5 nitrogen and oxygen atoms in total. The van der Waals surface area contributed by atoms with Crippen LogP contribution in [0.25, 0.3) is 0 Å². The first-order valence-corrected chi connectivity index (χ1v) is 9.36. The number of hydrogen-bond donors (Lipinski definition) is 1. The molecule has 0 saturated heterocycles. The van der Waals surface area contributed by atoms with Crippen molar-refractivity contribution in [1.82, 2.24) is 9.62 Å². The fourth-order valence-corrected chi connectivity index (χ4v) is 3.65. The van der Waals surface area contributed by atoms with Gasteiger partial charge in [-0.15, -0.1) is 0 Å². The van der Waals surface area contributed by atoms with Crippen LogP contribution in [0.2, 0.25) is 5.02 Å².